The predicted octanol–water partition coefficient (Wildman–Crippen LogP) is 5.29. The number of carbonyl (C=O) groups is 1. The van der Waals surface area contributed by atoms with Crippen molar-refractivity contribution in [2.45, 2.75) is 6.92 Å². The van der Waals surface area contributed by atoms with Gasteiger partial charge in [0.15, 0.2) is 5.65 Å². The van der Waals surface area contributed by atoms with Gasteiger partial charge in [-0.2, -0.15) is 5.10 Å². The van der Waals surface area contributed by atoms with Gasteiger partial charge in [-0.25, -0.2) is 14.3 Å². The Bertz CT molecular complexity index is 1450. The Morgan fingerprint density at radius 2 is 1.75 bits per heavy atom. The van der Waals surface area contributed by atoms with Gasteiger partial charge in [-0.15, -0.1) is 0 Å². The lowest BCUT2D eigenvalue weighted by atomic mass is 10.1. The van der Waals surface area contributed by atoms with Gasteiger partial charge < -0.3 is 5.11 Å². The molecule has 0 radical (unpaired) electrons. The summed E-state index contributed by atoms with van der Waals surface area (Å²) in [6.07, 6.45) is 7.09. The summed E-state index contributed by atoms with van der Waals surface area (Å²) in [5, 5.41) is 13.7. The van der Waals surface area contributed by atoms with Crippen LogP contribution in [0.25, 0.3) is 39.3 Å². The van der Waals surface area contributed by atoms with Crippen molar-refractivity contribution in [2.24, 2.45) is 0 Å². The number of fused-ring (bicyclic) bond motifs is 1. The third-order valence-corrected chi connectivity index (χ3v) is 6.19. The van der Waals surface area contributed by atoms with E-state index in [2.05, 4.69) is 31.0 Å². The maximum absolute atomic E-state index is 11.2. The van der Waals surface area contributed by atoms with Crippen LogP contribution in [0.2, 0.25) is 0 Å². The topological polar surface area (TPSA) is 93.3 Å². The predicted molar refractivity (Wildman–Crippen MR) is 124 cm³/mol. The molecule has 4 aromatic heterocycles. The van der Waals surface area contributed by atoms with Gasteiger partial charge in [0.25, 0.3) is 0 Å². The first kappa shape index (κ1) is 20.0. The number of nitrogens with zero attached hydrogens (tertiary/aromatic N) is 5. The van der Waals surface area contributed by atoms with Gasteiger partial charge in [0.1, 0.15) is 0 Å². The molecule has 1 aromatic carbocycles. The fraction of sp³-hybridized carbons (Fsp3) is 0.0417. The van der Waals surface area contributed by atoms with E-state index in [-0.39, 0.29) is 5.56 Å². The molecule has 1 N–H and O–H groups in total. The monoisotopic (exact) mass is 485 g/mol. The highest BCUT2D eigenvalue weighted by Gasteiger charge is 2.17. The number of rotatable bonds is 4. The average Bonchev–Trinajstić information content (AvgIpc) is 3.26. The summed E-state index contributed by atoms with van der Waals surface area (Å²) in [7, 11) is 0. The Balaban J connectivity index is 1.60. The van der Waals surface area contributed by atoms with Crippen molar-refractivity contribution < 1.29 is 9.90 Å². The standard InChI is InChI=1S/C24H16BrN5O2/c1-14-21(25)22(15-4-6-16(7-5-15)24(31)32)29-23-19(13-28-30(14)23)17-8-9-20(27-12-17)18-3-2-10-26-11-18/h2-13H,1H3,(H,31,32). The summed E-state index contributed by atoms with van der Waals surface area (Å²) < 4.78 is 2.58. The molecule has 0 bridgehead atoms. The van der Waals surface area contributed by atoms with E-state index in [0.717, 1.165) is 38.1 Å². The fourth-order valence-electron chi connectivity index (χ4n) is 3.52. The number of aromatic nitrogens is 5. The molecule has 0 atom stereocenters. The van der Waals surface area contributed by atoms with Gasteiger partial charge in [0.05, 0.1) is 33.3 Å². The SMILES string of the molecule is Cc1c(Br)c(-c2ccc(C(=O)O)cc2)nc2c(-c3ccc(-c4cccnc4)nc3)cnn12. The average molecular weight is 486 g/mol. The quantitative estimate of drug-likeness (QED) is 0.371. The van der Waals surface area contributed by atoms with E-state index in [1.807, 2.05) is 31.2 Å². The van der Waals surface area contributed by atoms with Crippen molar-refractivity contribution in [3.63, 3.8) is 0 Å². The second-order valence-electron chi connectivity index (χ2n) is 7.21. The minimum absolute atomic E-state index is 0.229. The molecule has 0 aliphatic carbocycles. The molecular weight excluding hydrogens is 470 g/mol. The number of carboxylic acids is 1. The Morgan fingerprint density at radius 1 is 0.969 bits per heavy atom. The second-order valence-corrected chi connectivity index (χ2v) is 8.00. The van der Waals surface area contributed by atoms with Crippen LogP contribution in [-0.4, -0.2) is 35.6 Å². The zero-order valence-corrected chi connectivity index (χ0v) is 18.5. The lowest BCUT2D eigenvalue weighted by Gasteiger charge is -2.10. The summed E-state index contributed by atoms with van der Waals surface area (Å²) in [6, 6.07) is 14.5. The molecule has 8 heteroatoms. The summed E-state index contributed by atoms with van der Waals surface area (Å²) in [5.41, 5.74) is 6.87. The second kappa shape index (κ2) is 7.97. The number of hydrogen-bond acceptors (Lipinski definition) is 5. The first-order valence-corrected chi connectivity index (χ1v) is 10.6. The molecule has 5 aromatic rings. The van der Waals surface area contributed by atoms with Crippen LogP contribution in [-0.2, 0) is 0 Å². The molecule has 0 aliphatic heterocycles. The zero-order chi connectivity index (χ0) is 22.2. The molecule has 0 saturated carbocycles. The van der Waals surface area contributed by atoms with Crippen LogP contribution in [0.4, 0.5) is 0 Å². The Hall–Kier alpha value is -3.91. The molecule has 0 amide bonds. The van der Waals surface area contributed by atoms with E-state index in [1.165, 1.54) is 0 Å². The molecule has 4 heterocycles. The third kappa shape index (κ3) is 3.44. The molecular formula is C24H16BrN5O2. The lowest BCUT2D eigenvalue weighted by Crippen LogP contribution is -2.01. The first-order chi connectivity index (χ1) is 15.5. The van der Waals surface area contributed by atoms with E-state index in [9.17, 15) is 4.79 Å². The number of carboxylic acid groups (broad SMARTS) is 1. The molecule has 0 spiro atoms. The van der Waals surface area contributed by atoms with Gasteiger partial charge in [0, 0.05) is 40.8 Å². The maximum atomic E-state index is 11.2. The number of aryl methyl sites for hydroxylation is 1. The van der Waals surface area contributed by atoms with E-state index in [0.29, 0.717) is 11.3 Å². The highest BCUT2D eigenvalue weighted by molar-refractivity contribution is 9.10. The molecule has 0 aliphatic rings. The Labute approximate surface area is 191 Å². The Morgan fingerprint density at radius 3 is 2.41 bits per heavy atom. The van der Waals surface area contributed by atoms with Crippen molar-refractivity contribution in [3.8, 4) is 33.6 Å². The number of halogens is 1. The summed E-state index contributed by atoms with van der Waals surface area (Å²) in [6.45, 7) is 1.95. The molecule has 7 nitrogen and oxygen atoms in total. The Kier molecular flexibility index (Phi) is 4.99. The van der Waals surface area contributed by atoms with Gasteiger partial charge in [0.2, 0.25) is 0 Å². The van der Waals surface area contributed by atoms with Crippen LogP contribution < -0.4 is 0 Å². The molecule has 156 valence electrons. The minimum atomic E-state index is -0.962. The van der Waals surface area contributed by atoms with Crippen molar-refractivity contribution >= 4 is 27.5 Å². The largest absolute Gasteiger partial charge is 0.478 e. The molecule has 0 unspecified atom stereocenters. The third-order valence-electron chi connectivity index (χ3n) is 5.24. The normalized spacial score (nSPS) is 11.1. The minimum Gasteiger partial charge on any atom is -0.478 e. The van der Waals surface area contributed by atoms with E-state index in [1.54, 1.807) is 53.6 Å². The van der Waals surface area contributed by atoms with Gasteiger partial charge in [-0.1, -0.05) is 18.2 Å². The lowest BCUT2D eigenvalue weighted by molar-refractivity contribution is 0.0697. The highest BCUT2D eigenvalue weighted by Crippen LogP contribution is 2.33. The number of benzene rings is 1. The summed E-state index contributed by atoms with van der Waals surface area (Å²) >= 11 is 3.63. The van der Waals surface area contributed by atoms with Gasteiger partial charge in [-0.3, -0.25) is 9.97 Å². The first-order valence-electron chi connectivity index (χ1n) is 9.77. The molecule has 32 heavy (non-hydrogen) atoms. The molecule has 0 fully saturated rings. The number of aromatic carboxylic acids is 1. The van der Waals surface area contributed by atoms with Crippen LogP contribution in [0, 0.1) is 6.92 Å². The maximum Gasteiger partial charge on any atom is 0.335 e. The van der Waals surface area contributed by atoms with E-state index in [4.69, 9.17) is 10.1 Å². The highest BCUT2D eigenvalue weighted by atomic mass is 79.9. The van der Waals surface area contributed by atoms with Crippen molar-refractivity contribution in [1.29, 1.82) is 0 Å². The van der Waals surface area contributed by atoms with Crippen molar-refractivity contribution in [1.82, 2.24) is 24.6 Å². The zero-order valence-electron chi connectivity index (χ0n) is 16.9. The van der Waals surface area contributed by atoms with Crippen LogP contribution in [0.15, 0.2) is 77.8 Å². The van der Waals surface area contributed by atoms with Gasteiger partial charge in [-0.05, 0) is 53.2 Å². The van der Waals surface area contributed by atoms with E-state index < -0.39 is 5.97 Å². The van der Waals surface area contributed by atoms with Crippen molar-refractivity contribution in [3.05, 3.63) is 89.0 Å². The fourth-order valence-corrected chi connectivity index (χ4v) is 4.00. The van der Waals surface area contributed by atoms with Crippen LogP contribution in [0.1, 0.15) is 16.1 Å². The molecule has 0 saturated heterocycles. The molecule has 5 rings (SSSR count). The van der Waals surface area contributed by atoms with Crippen LogP contribution >= 0.6 is 15.9 Å². The number of hydrogen-bond donors (Lipinski definition) is 1. The smallest absolute Gasteiger partial charge is 0.335 e. The van der Waals surface area contributed by atoms with Gasteiger partial charge >= 0.3 is 5.97 Å². The van der Waals surface area contributed by atoms with E-state index >= 15 is 0 Å². The number of pyridine rings is 2. The summed E-state index contributed by atoms with van der Waals surface area (Å²) in [4.78, 5) is 24.8. The van der Waals surface area contributed by atoms with Crippen LogP contribution in [0.5, 0.6) is 0 Å². The summed E-state index contributed by atoms with van der Waals surface area (Å²) in [5.74, 6) is -0.962. The van der Waals surface area contributed by atoms with Crippen molar-refractivity contribution in [2.75, 3.05) is 0 Å². The van der Waals surface area contributed by atoms with Crippen LogP contribution in [0.3, 0.4) is 0 Å².